The number of carbonyl (C=O) groups is 1. The fourth-order valence-electron chi connectivity index (χ4n) is 3.38. The van der Waals surface area contributed by atoms with Crippen LogP contribution in [0.5, 0.6) is 5.75 Å². The normalized spacial score (nSPS) is 29.6. The molecule has 0 saturated carbocycles. The van der Waals surface area contributed by atoms with E-state index in [0.717, 1.165) is 6.08 Å². The molecule has 2 saturated heterocycles. The first kappa shape index (κ1) is 18.9. The molecule has 0 spiro atoms. The van der Waals surface area contributed by atoms with E-state index in [-0.39, 0.29) is 34.1 Å². The molecule has 27 heavy (non-hydrogen) atoms. The second-order valence-electron chi connectivity index (χ2n) is 6.38. The minimum Gasteiger partial charge on any atom is -0.474 e. The lowest BCUT2D eigenvalue weighted by Gasteiger charge is -2.29. The summed E-state index contributed by atoms with van der Waals surface area (Å²) >= 11 is 11.8. The molecule has 4 atom stereocenters. The van der Waals surface area contributed by atoms with E-state index in [4.69, 9.17) is 42.1 Å². The van der Waals surface area contributed by atoms with Crippen LogP contribution < -0.4 is 4.74 Å². The van der Waals surface area contributed by atoms with Crippen molar-refractivity contribution in [2.45, 2.75) is 37.0 Å². The summed E-state index contributed by atoms with van der Waals surface area (Å²) in [7, 11) is 0. The maximum Gasteiger partial charge on any atom is 0.430 e. The van der Waals surface area contributed by atoms with Gasteiger partial charge >= 0.3 is 12.1 Å². The fourth-order valence-corrected chi connectivity index (χ4v) is 3.94. The van der Waals surface area contributed by atoms with Gasteiger partial charge < -0.3 is 18.9 Å². The van der Waals surface area contributed by atoms with Gasteiger partial charge in [0.1, 0.15) is 11.9 Å². The quantitative estimate of drug-likeness (QED) is 0.675. The van der Waals surface area contributed by atoms with Crippen LogP contribution in [0.15, 0.2) is 17.7 Å². The van der Waals surface area contributed by atoms with Crippen molar-refractivity contribution >= 4 is 35.2 Å². The number of benzene rings is 1. The number of hydrogen-bond acceptors (Lipinski definition) is 5. The second-order valence-corrected chi connectivity index (χ2v) is 7.23. The van der Waals surface area contributed by atoms with E-state index in [1.165, 1.54) is 12.1 Å². The summed E-state index contributed by atoms with van der Waals surface area (Å²) in [5.74, 6) is -1.34. The van der Waals surface area contributed by atoms with Crippen LogP contribution in [0.4, 0.5) is 13.2 Å². The number of rotatable bonds is 2. The first-order valence-electron chi connectivity index (χ1n) is 8.12. The first-order valence-corrected chi connectivity index (χ1v) is 8.88. The maximum absolute atomic E-state index is 13.5. The van der Waals surface area contributed by atoms with E-state index < -0.39 is 36.0 Å². The van der Waals surface area contributed by atoms with E-state index in [9.17, 15) is 18.0 Å². The Balaban J connectivity index is 1.64. The minimum atomic E-state index is -4.84. The van der Waals surface area contributed by atoms with E-state index in [0.29, 0.717) is 13.0 Å². The van der Waals surface area contributed by atoms with Crippen LogP contribution in [0.1, 0.15) is 12.0 Å². The lowest BCUT2D eigenvalue weighted by atomic mass is 10.0. The summed E-state index contributed by atoms with van der Waals surface area (Å²) in [4.78, 5) is 12.5. The molecule has 0 bridgehead atoms. The zero-order valence-corrected chi connectivity index (χ0v) is 15.1. The number of esters is 1. The largest absolute Gasteiger partial charge is 0.474 e. The summed E-state index contributed by atoms with van der Waals surface area (Å²) < 4.78 is 61.7. The van der Waals surface area contributed by atoms with Crippen molar-refractivity contribution in [1.29, 1.82) is 0 Å². The molecule has 0 aromatic heterocycles. The standard InChI is InChI=1S/C17H13Cl2F3O5/c18-8-3-7-4-9(15(17(20,21)22)27-13(7)10(19)5-8)16(23)26-12-6-25-11-1-2-24-14(11)12/h3-5,11-12,14-15H,1-2,6H2. The van der Waals surface area contributed by atoms with Crippen LogP contribution in [-0.2, 0) is 19.0 Å². The van der Waals surface area contributed by atoms with E-state index in [1.54, 1.807) is 0 Å². The molecule has 1 aromatic carbocycles. The molecule has 3 heterocycles. The SMILES string of the molecule is O=C(OC1COC2CCOC21)C1=Cc2cc(Cl)cc(Cl)c2OC1C(F)(F)F. The van der Waals surface area contributed by atoms with Crippen LogP contribution in [0.3, 0.4) is 0 Å². The maximum atomic E-state index is 13.5. The Kier molecular flexibility index (Phi) is 4.78. The molecule has 5 nitrogen and oxygen atoms in total. The molecule has 0 aliphatic carbocycles. The third-order valence-corrected chi connectivity index (χ3v) is 5.08. The number of carbonyl (C=O) groups excluding carboxylic acids is 1. The highest BCUT2D eigenvalue weighted by Gasteiger charge is 2.51. The van der Waals surface area contributed by atoms with E-state index in [1.807, 2.05) is 0 Å². The summed E-state index contributed by atoms with van der Waals surface area (Å²) in [6.45, 7) is 0.519. The molecule has 3 aliphatic rings. The Morgan fingerprint density at radius 1 is 1.22 bits per heavy atom. The molecule has 0 radical (unpaired) electrons. The third-order valence-electron chi connectivity index (χ3n) is 4.58. The highest BCUT2D eigenvalue weighted by Crippen LogP contribution is 2.42. The van der Waals surface area contributed by atoms with Crippen molar-refractivity contribution < 1.29 is 36.9 Å². The molecule has 0 amide bonds. The Hall–Kier alpha value is -1.48. The monoisotopic (exact) mass is 424 g/mol. The number of hydrogen-bond donors (Lipinski definition) is 0. The van der Waals surface area contributed by atoms with E-state index >= 15 is 0 Å². The molecule has 146 valence electrons. The van der Waals surface area contributed by atoms with Crippen molar-refractivity contribution in [3.05, 3.63) is 33.3 Å². The van der Waals surface area contributed by atoms with Crippen LogP contribution in [-0.4, -0.2) is 49.8 Å². The minimum absolute atomic E-state index is 0.0696. The van der Waals surface area contributed by atoms with Crippen LogP contribution >= 0.6 is 23.2 Å². The first-order chi connectivity index (χ1) is 12.7. The van der Waals surface area contributed by atoms with Crippen LogP contribution in [0.2, 0.25) is 10.0 Å². The predicted octanol–water partition coefficient (Wildman–Crippen LogP) is 3.80. The van der Waals surface area contributed by atoms with Crippen molar-refractivity contribution in [1.82, 2.24) is 0 Å². The van der Waals surface area contributed by atoms with Gasteiger partial charge in [0.05, 0.1) is 23.3 Å². The lowest BCUT2D eigenvalue weighted by Crippen LogP contribution is -2.42. The van der Waals surface area contributed by atoms with Gasteiger partial charge in [-0.25, -0.2) is 4.79 Å². The van der Waals surface area contributed by atoms with Crippen molar-refractivity contribution in [2.24, 2.45) is 0 Å². The summed E-state index contributed by atoms with van der Waals surface area (Å²) in [5, 5.41) is 0.116. The van der Waals surface area contributed by atoms with Crippen LogP contribution in [0.25, 0.3) is 6.08 Å². The van der Waals surface area contributed by atoms with Gasteiger partial charge in [-0.15, -0.1) is 0 Å². The van der Waals surface area contributed by atoms with Crippen molar-refractivity contribution in [3.63, 3.8) is 0 Å². The highest BCUT2D eigenvalue weighted by atomic mass is 35.5. The summed E-state index contributed by atoms with van der Waals surface area (Å²) in [6, 6.07) is 2.62. The van der Waals surface area contributed by atoms with Crippen molar-refractivity contribution in [2.75, 3.05) is 13.2 Å². The topological polar surface area (TPSA) is 54.0 Å². The van der Waals surface area contributed by atoms with Gasteiger partial charge in [-0.05, 0) is 24.6 Å². The van der Waals surface area contributed by atoms with Gasteiger partial charge in [0.15, 0.2) is 6.10 Å². The van der Waals surface area contributed by atoms with Gasteiger partial charge in [0, 0.05) is 17.2 Å². The molecular formula is C17H13Cl2F3O5. The number of halogens is 5. The Morgan fingerprint density at radius 3 is 2.74 bits per heavy atom. The average Bonchev–Trinajstić information content (AvgIpc) is 3.17. The van der Waals surface area contributed by atoms with Gasteiger partial charge in [-0.3, -0.25) is 0 Å². The zero-order valence-electron chi connectivity index (χ0n) is 13.6. The third kappa shape index (κ3) is 3.51. The molecule has 10 heteroatoms. The Morgan fingerprint density at radius 2 is 2.00 bits per heavy atom. The van der Waals surface area contributed by atoms with Crippen molar-refractivity contribution in [3.8, 4) is 5.75 Å². The molecule has 4 unspecified atom stereocenters. The van der Waals surface area contributed by atoms with Gasteiger partial charge in [-0.1, -0.05) is 23.2 Å². The summed E-state index contributed by atoms with van der Waals surface area (Å²) in [5.41, 5.74) is -0.521. The van der Waals surface area contributed by atoms with Gasteiger partial charge in [0.2, 0.25) is 6.10 Å². The van der Waals surface area contributed by atoms with Gasteiger partial charge in [0.25, 0.3) is 0 Å². The molecule has 4 rings (SSSR count). The average molecular weight is 425 g/mol. The number of fused-ring (bicyclic) bond motifs is 2. The van der Waals surface area contributed by atoms with E-state index in [2.05, 4.69) is 0 Å². The zero-order chi connectivity index (χ0) is 19.3. The fraction of sp³-hybridized carbons (Fsp3) is 0.471. The molecule has 3 aliphatic heterocycles. The Labute approximate surface area is 161 Å². The summed E-state index contributed by atoms with van der Waals surface area (Å²) in [6.07, 6.45) is -7.11. The highest BCUT2D eigenvalue weighted by molar-refractivity contribution is 6.36. The van der Waals surface area contributed by atoms with Gasteiger partial charge in [-0.2, -0.15) is 13.2 Å². The smallest absolute Gasteiger partial charge is 0.430 e. The number of alkyl halides is 3. The molecular weight excluding hydrogens is 412 g/mol. The Bertz CT molecular complexity index is 810. The predicted molar refractivity (Wildman–Crippen MR) is 88.9 cm³/mol. The molecule has 0 N–H and O–H groups in total. The lowest BCUT2D eigenvalue weighted by molar-refractivity contribution is -0.189. The second kappa shape index (κ2) is 6.84. The number of ether oxygens (including phenoxy) is 4. The molecule has 2 fully saturated rings. The van der Waals surface area contributed by atoms with Crippen LogP contribution in [0, 0.1) is 0 Å². The molecule has 1 aromatic rings.